The van der Waals surface area contributed by atoms with Crippen LogP contribution in [0, 0.1) is 19.8 Å². The lowest BCUT2D eigenvalue weighted by molar-refractivity contribution is -0.274. The SMILES string of the molecule is CC(=O)N[C@H]1CCN(c2cc(-c3ccc(OC(F)(F)F)c(C)c3)nc(C)n2)C[C@@H]1C. The molecular formula is C21H25F3N4O2. The first kappa shape index (κ1) is 21.9. The maximum atomic E-state index is 12.5. The zero-order valence-corrected chi connectivity index (χ0v) is 17.4. The zero-order valence-electron chi connectivity index (χ0n) is 17.4. The van der Waals surface area contributed by atoms with Crippen LogP contribution in [0.1, 0.15) is 31.7 Å². The van der Waals surface area contributed by atoms with Gasteiger partial charge in [0.2, 0.25) is 5.91 Å². The van der Waals surface area contributed by atoms with Crippen LogP contribution in [0.4, 0.5) is 19.0 Å². The molecule has 1 aromatic carbocycles. The summed E-state index contributed by atoms with van der Waals surface area (Å²) in [6.45, 7) is 8.43. The third-order valence-electron chi connectivity index (χ3n) is 5.14. The van der Waals surface area contributed by atoms with Gasteiger partial charge in [-0.2, -0.15) is 0 Å². The maximum absolute atomic E-state index is 12.5. The van der Waals surface area contributed by atoms with E-state index in [9.17, 15) is 18.0 Å². The Hall–Kier alpha value is -2.84. The molecule has 0 radical (unpaired) electrons. The monoisotopic (exact) mass is 422 g/mol. The van der Waals surface area contributed by atoms with E-state index in [4.69, 9.17) is 0 Å². The lowest BCUT2D eigenvalue weighted by Gasteiger charge is -2.38. The smallest absolute Gasteiger partial charge is 0.406 e. The van der Waals surface area contributed by atoms with E-state index in [2.05, 4.69) is 31.8 Å². The Morgan fingerprint density at radius 2 is 1.97 bits per heavy atom. The fourth-order valence-corrected chi connectivity index (χ4v) is 3.74. The van der Waals surface area contributed by atoms with Gasteiger partial charge >= 0.3 is 6.36 Å². The van der Waals surface area contributed by atoms with Crippen LogP contribution in [0.2, 0.25) is 0 Å². The van der Waals surface area contributed by atoms with Gasteiger partial charge in [-0.3, -0.25) is 4.79 Å². The molecule has 6 nitrogen and oxygen atoms in total. The molecule has 1 N–H and O–H groups in total. The van der Waals surface area contributed by atoms with Crippen molar-refractivity contribution in [2.24, 2.45) is 5.92 Å². The molecule has 1 fully saturated rings. The molecule has 2 heterocycles. The Kier molecular flexibility index (Phi) is 6.19. The summed E-state index contributed by atoms with van der Waals surface area (Å²) in [5.74, 6) is 1.33. The highest BCUT2D eigenvalue weighted by Crippen LogP contribution is 2.31. The molecule has 0 saturated carbocycles. The Morgan fingerprint density at radius 1 is 1.23 bits per heavy atom. The Balaban J connectivity index is 1.82. The number of aryl methyl sites for hydroxylation is 2. The second-order valence-electron chi connectivity index (χ2n) is 7.71. The molecule has 9 heteroatoms. The van der Waals surface area contributed by atoms with Crippen LogP contribution >= 0.6 is 0 Å². The standard InChI is InChI=1S/C21H25F3N4O2/c1-12-9-16(5-6-19(12)30-21(22,23)24)18-10-20(26-14(3)25-18)28-8-7-17(13(2)11-28)27-15(4)29/h5-6,9-10,13,17H,7-8,11H2,1-4H3,(H,27,29)/t13-,17-/m0/s1. The van der Waals surface area contributed by atoms with E-state index in [1.807, 2.05) is 6.07 Å². The van der Waals surface area contributed by atoms with Crippen LogP contribution in [0.3, 0.4) is 0 Å². The van der Waals surface area contributed by atoms with E-state index in [1.54, 1.807) is 26.0 Å². The van der Waals surface area contributed by atoms with Crippen molar-refractivity contribution in [3.8, 4) is 17.0 Å². The largest absolute Gasteiger partial charge is 0.573 e. The lowest BCUT2D eigenvalue weighted by atomic mass is 9.93. The third kappa shape index (κ3) is 5.40. The van der Waals surface area contributed by atoms with E-state index in [-0.39, 0.29) is 23.6 Å². The van der Waals surface area contributed by atoms with Crippen LogP contribution < -0.4 is 15.0 Å². The highest BCUT2D eigenvalue weighted by molar-refractivity contribution is 5.73. The summed E-state index contributed by atoms with van der Waals surface area (Å²) in [4.78, 5) is 22.5. The van der Waals surface area contributed by atoms with Gasteiger partial charge in [0.15, 0.2) is 0 Å². The third-order valence-corrected chi connectivity index (χ3v) is 5.14. The molecule has 2 atom stereocenters. The number of alkyl halides is 3. The summed E-state index contributed by atoms with van der Waals surface area (Å²) >= 11 is 0. The number of carbonyl (C=O) groups is 1. The van der Waals surface area contributed by atoms with Gasteiger partial charge in [-0.15, -0.1) is 13.2 Å². The normalized spacial score (nSPS) is 19.5. The fourth-order valence-electron chi connectivity index (χ4n) is 3.74. The highest BCUT2D eigenvalue weighted by atomic mass is 19.4. The maximum Gasteiger partial charge on any atom is 0.573 e. The zero-order chi connectivity index (χ0) is 22.1. The molecule has 0 spiro atoms. The van der Waals surface area contributed by atoms with Crippen molar-refractivity contribution in [1.29, 1.82) is 0 Å². The van der Waals surface area contributed by atoms with E-state index in [0.29, 0.717) is 22.6 Å². The highest BCUT2D eigenvalue weighted by Gasteiger charge is 2.32. The molecule has 1 aliphatic heterocycles. The number of benzene rings is 1. The average Bonchev–Trinajstić information content (AvgIpc) is 2.63. The van der Waals surface area contributed by atoms with Gasteiger partial charge in [-0.1, -0.05) is 6.92 Å². The number of hydrogen-bond donors (Lipinski definition) is 1. The van der Waals surface area contributed by atoms with E-state index >= 15 is 0 Å². The summed E-state index contributed by atoms with van der Waals surface area (Å²) in [7, 11) is 0. The van der Waals surface area contributed by atoms with Gasteiger partial charge in [0, 0.05) is 37.7 Å². The lowest BCUT2D eigenvalue weighted by Crippen LogP contribution is -2.49. The Morgan fingerprint density at radius 3 is 2.57 bits per heavy atom. The van der Waals surface area contributed by atoms with E-state index < -0.39 is 6.36 Å². The minimum atomic E-state index is -4.73. The number of amides is 1. The summed E-state index contributed by atoms with van der Waals surface area (Å²) in [6.07, 6.45) is -3.92. The van der Waals surface area contributed by atoms with E-state index in [1.165, 1.54) is 13.0 Å². The molecule has 3 rings (SSSR count). The number of anilines is 1. The molecule has 0 bridgehead atoms. The van der Waals surface area contributed by atoms with Crippen LogP contribution in [0.5, 0.6) is 5.75 Å². The number of nitrogens with one attached hydrogen (secondary N) is 1. The van der Waals surface area contributed by atoms with Crippen LogP contribution in [-0.4, -0.2) is 41.4 Å². The minimum Gasteiger partial charge on any atom is -0.406 e. The van der Waals surface area contributed by atoms with Crippen LogP contribution in [0.25, 0.3) is 11.3 Å². The molecular weight excluding hydrogens is 397 g/mol. The van der Waals surface area contributed by atoms with Gasteiger partial charge in [0.1, 0.15) is 17.4 Å². The summed E-state index contributed by atoms with van der Waals surface area (Å²) in [5, 5.41) is 2.99. The predicted octanol–water partition coefficient (Wildman–Crippen LogP) is 4.01. The van der Waals surface area contributed by atoms with Crippen molar-refractivity contribution >= 4 is 11.7 Å². The Labute approximate surface area is 173 Å². The molecule has 162 valence electrons. The number of aromatic nitrogens is 2. The van der Waals surface area contributed by atoms with Crippen LogP contribution in [-0.2, 0) is 4.79 Å². The molecule has 1 saturated heterocycles. The van der Waals surface area contributed by atoms with Gasteiger partial charge in [0.05, 0.1) is 5.69 Å². The van der Waals surface area contributed by atoms with Gasteiger partial charge in [0.25, 0.3) is 0 Å². The van der Waals surface area contributed by atoms with Crippen molar-refractivity contribution < 1.29 is 22.7 Å². The average molecular weight is 422 g/mol. The number of ether oxygens (including phenoxy) is 1. The quantitative estimate of drug-likeness (QED) is 0.807. The van der Waals surface area contributed by atoms with Crippen LogP contribution in [0.15, 0.2) is 24.3 Å². The van der Waals surface area contributed by atoms with Crippen molar-refractivity contribution in [2.45, 2.75) is 46.5 Å². The number of halogens is 3. The molecule has 1 aromatic heterocycles. The second-order valence-corrected chi connectivity index (χ2v) is 7.71. The predicted molar refractivity (Wildman–Crippen MR) is 107 cm³/mol. The molecule has 0 aliphatic carbocycles. The van der Waals surface area contributed by atoms with Crippen molar-refractivity contribution in [3.05, 3.63) is 35.7 Å². The number of rotatable bonds is 4. The Bertz CT molecular complexity index is 933. The number of carbonyl (C=O) groups excluding carboxylic acids is 1. The first-order valence-corrected chi connectivity index (χ1v) is 9.76. The van der Waals surface area contributed by atoms with E-state index in [0.717, 1.165) is 25.3 Å². The molecule has 0 unspecified atom stereocenters. The van der Waals surface area contributed by atoms with Crippen molar-refractivity contribution in [3.63, 3.8) is 0 Å². The first-order chi connectivity index (χ1) is 14.0. The molecule has 30 heavy (non-hydrogen) atoms. The molecule has 2 aromatic rings. The minimum absolute atomic E-state index is 0.0335. The molecule has 1 amide bonds. The van der Waals surface area contributed by atoms with Gasteiger partial charge in [-0.05, 0) is 49.9 Å². The topological polar surface area (TPSA) is 67.4 Å². The number of nitrogens with zero attached hydrogens (tertiary/aromatic N) is 3. The fraction of sp³-hybridized carbons (Fsp3) is 0.476. The first-order valence-electron chi connectivity index (χ1n) is 9.76. The van der Waals surface area contributed by atoms with Gasteiger partial charge < -0.3 is 15.0 Å². The summed E-state index contributed by atoms with van der Waals surface area (Å²) in [6, 6.07) is 6.46. The number of piperidine rings is 1. The summed E-state index contributed by atoms with van der Waals surface area (Å²) < 4.78 is 41.6. The second kappa shape index (κ2) is 8.49. The van der Waals surface area contributed by atoms with Gasteiger partial charge in [-0.25, -0.2) is 9.97 Å². The molecule has 1 aliphatic rings. The summed E-state index contributed by atoms with van der Waals surface area (Å²) in [5.41, 5.74) is 1.69. The number of hydrogen-bond acceptors (Lipinski definition) is 5. The van der Waals surface area contributed by atoms with Crippen molar-refractivity contribution in [1.82, 2.24) is 15.3 Å². The van der Waals surface area contributed by atoms with Crippen molar-refractivity contribution in [2.75, 3.05) is 18.0 Å².